The highest BCUT2D eigenvalue weighted by molar-refractivity contribution is 9.10. The van der Waals surface area contributed by atoms with Gasteiger partial charge in [0.1, 0.15) is 11.6 Å². The average molecular weight is 410 g/mol. The van der Waals surface area contributed by atoms with Crippen LogP contribution in [0.15, 0.2) is 46.9 Å². The first kappa shape index (κ1) is 17.7. The van der Waals surface area contributed by atoms with Crippen LogP contribution in [0.5, 0.6) is 0 Å². The number of hydrogen-bond donors (Lipinski definition) is 1. The number of rotatable bonds is 4. The van der Waals surface area contributed by atoms with Crippen LogP contribution in [0.2, 0.25) is 0 Å². The van der Waals surface area contributed by atoms with Crippen molar-refractivity contribution in [3.05, 3.63) is 58.6 Å². The monoisotopic (exact) mass is 409 g/mol. The molecule has 4 nitrogen and oxygen atoms in total. The van der Waals surface area contributed by atoms with Gasteiger partial charge in [-0.3, -0.25) is 4.79 Å². The molecule has 2 aromatic rings. The average Bonchev–Trinajstić information content (AvgIpc) is 2.61. The van der Waals surface area contributed by atoms with E-state index in [1.54, 1.807) is 29.2 Å². The Hall–Kier alpha value is -2.15. The molecule has 132 valence electrons. The van der Waals surface area contributed by atoms with E-state index in [1.807, 2.05) is 0 Å². The molecule has 0 aliphatic carbocycles. The molecule has 7 heteroatoms. The summed E-state index contributed by atoms with van der Waals surface area (Å²) >= 11 is 3.20. The summed E-state index contributed by atoms with van der Waals surface area (Å²) in [5, 5.41) is 2.84. The number of amides is 1. The van der Waals surface area contributed by atoms with Gasteiger partial charge in [0.05, 0.1) is 12.2 Å². The van der Waals surface area contributed by atoms with Gasteiger partial charge in [-0.2, -0.15) is 0 Å². The zero-order chi connectivity index (χ0) is 17.8. The Kier molecular flexibility index (Phi) is 5.53. The van der Waals surface area contributed by atoms with Crippen LogP contribution in [0.4, 0.5) is 20.2 Å². The Morgan fingerprint density at radius 3 is 2.36 bits per heavy atom. The molecular formula is C18H18BrF2N3O. The van der Waals surface area contributed by atoms with Crippen molar-refractivity contribution in [2.45, 2.75) is 0 Å². The van der Waals surface area contributed by atoms with Gasteiger partial charge in [-0.1, -0.05) is 15.9 Å². The lowest BCUT2D eigenvalue weighted by Gasteiger charge is -2.36. The third-order valence-electron chi connectivity index (χ3n) is 4.19. The number of anilines is 2. The Bertz CT molecular complexity index is 746. The Labute approximate surface area is 153 Å². The van der Waals surface area contributed by atoms with Crippen molar-refractivity contribution in [3.63, 3.8) is 0 Å². The summed E-state index contributed by atoms with van der Waals surface area (Å²) in [6.45, 7) is 2.59. The van der Waals surface area contributed by atoms with Crippen LogP contribution < -0.4 is 10.2 Å². The standard InChI is InChI=1S/C18H18BrF2N3O/c19-13-1-6-17(16(21)11-13)22-12-18(25)24-9-7-23(8-10-24)15-4-2-14(20)3-5-15/h1-6,11,22H,7-10,12H2. The smallest absolute Gasteiger partial charge is 0.241 e. The van der Waals surface area contributed by atoms with Crippen molar-refractivity contribution >= 4 is 33.2 Å². The van der Waals surface area contributed by atoms with E-state index >= 15 is 0 Å². The second kappa shape index (κ2) is 7.82. The highest BCUT2D eigenvalue weighted by Gasteiger charge is 2.21. The van der Waals surface area contributed by atoms with E-state index in [2.05, 4.69) is 26.1 Å². The minimum absolute atomic E-state index is 0.0507. The van der Waals surface area contributed by atoms with E-state index in [9.17, 15) is 13.6 Å². The summed E-state index contributed by atoms with van der Waals surface area (Å²) in [5.41, 5.74) is 1.25. The molecule has 0 bridgehead atoms. The fourth-order valence-corrected chi connectivity index (χ4v) is 3.11. The van der Waals surface area contributed by atoms with Crippen LogP contribution in [0.25, 0.3) is 0 Å². The quantitative estimate of drug-likeness (QED) is 0.839. The fourth-order valence-electron chi connectivity index (χ4n) is 2.78. The van der Waals surface area contributed by atoms with E-state index in [-0.39, 0.29) is 18.3 Å². The Balaban J connectivity index is 1.50. The fraction of sp³-hybridized carbons (Fsp3) is 0.278. The molecule has 1 N–H and O–H groups in total. The van der Waals surface area contributed by atoms with Gasteiger partial charge in [0.2, 0.25) is 5.91 Å². The van der Waals surface area contributed by atoms with Gasteiger partial charge in [0.25, 0.3) is 0 Å². The maximum absolute atomic E-state index is 13.8. The molecule has 1 aliphatic rings. The van der Waals surface area contributed by atoms with Gasteiger partial charge in [0.15, 0.2) is 0 Å². The molecule has 1 amide bonds. The van der Waals surface area contributed by atoms with Gasteiger partial charge in [-0.15, -0.1) is 0 Å². The SMILES string of the molecule is O=C(CNc1ccc(Br)cc1F)N1CCN(c2ccc(F)cc2)CC1. The molecule has 0 radical (unpaired) electrons. The van der Waals surface area contributed by atoms with Gasteiger partial charge in [0, 0.05) is 36.3 Å². The molecule has 0 atom stereocenters. The summed E-state index contributed by atoms with van der Waals surface area (Å²) in [4.78, 5) is 16.2. The molecule has 0 saturated carbocycles. The van der Waals surface area contributed by atoms with Crippen LogP contribution in [0.3, 0.4) is 0 Å². The Morgan fingerprint density at radius 2 is 1.72 bits per heavy atom. The van der Waals surface area contributed by atoms with Crippen LogP contribution in [-0.2, 0) is 4.79 Å². The van der Waals surface area contributed by atoms with Crippen molar-refractivity contribution < 1.29 is 13.6 Å². The van der Waals surface area contributed by atoms with Crippen molar-refractivity contribution in [2.75, 3.05) is 42.9 Å². The van der Waals surface area contributed by atoms with Crippen molar-refractivity contribution in [3.8, 4) is 0 Å². The van der Waals surface area contributed by atoms with E-state index in [1.165, 1.54) is 18.2 Å². The number of benzene rings is 2. The molecule has 0 aromatic heterocycles. The van der Waals surface area contributed by atoms with Crippen LogP contribution >= 0.6 is 15.9 Å². The second-order valence-electron chi connectivity index (χ2n) is 5.82. The molecule has 25 heavy (non-hydrogen) atoms. The van der Waals surface area contributed by atoms with E-state index < -0.39 is 5.82 Å². The number of hydrogen-bond acceptors (Lipinski definition) is 3. The topological polar surface area (TPSA) is 35.6 Å². The van der Waals surface area contributed by atoms with E-state index in [0.29, 0.717) is 36.3 Å². The summed E-state index contributed by atoms with van der Waals surface area (Å²) in [5.74, 6) is -0.729. The molecule has 2 aromatic carbocycles. The number of halogens is 3. The third kappa shape index (κ3) is 4.48. The minimum Gasteiger partial charge on any atom is -0.374 e. The van der Waals surface area contributed by atoms with E-state index in [0.717, 1.165) is 5.69 Å². The molecule has 0 spiro atoms. The lowest BCUT2D eigenvalue weighted by molar-refractivity contribution is -0.129. The molecule has 1 fully saturated rings. The molecule has 1 saturated heterocycles. The minimum atomic E-state index is -0.400. The first-order valence-electron chi connectivity index (χ1n) is 8.00. The Morgan fingerprint density at radius 1 is 1.04 bits per heavy atom. The summed E-state index contributed by atoms with van der Waals surface area (Å²) < 4.78 is 27.4. The van der Waals surface area contributed by atoms with E-state index in [4.69, 9.17) is 0 Å². The largest absolute Gasteiger partial charge is 0.374 e. The highest BCUT2D eigenvalue weighted by atomic mass is 79.9. The van der Waals surface area contributed by atoms with Crippen LogP contribution in [0, 0.1) is 11.6 Å². The normalized spacial score (nSPS) is 14.5. The summed E-state index contributed by atoms with van der Waals surface area (Å²) in [7, 11) is 0. The lowest BCUT2D eigenvalue weighted by atomic mass is 10.2. The molecule has 3 rings (SSSR count). The van der Waals surface area contributed by atoms with Gasteiger partial charge in [-0.25, -0.2) is 8.78 Å². The van der Waals surface area contributed by atoms with Gasteiger partial charge in [-0.05, 0) is 42.5 Å². The van der Waals surface area contributed by atoms with Crippen molar-refractivity contribution in [1.29, 1.82) is 0 Å². The van der Waals surface area contributed by atoms with Crippen LogP contribution in [-0.4, -0.2) is 43.5 Å². The first-order valence-corrected chi connectivity index (χ1v) is 8.79. The predicted molar refractivity (Wildman–Crippen MR) is 97.8 cm³/mol. The highest BCUT2D eigenvalue weighted by Crippen LogP contribution is 2.20. The molecule has 1 aliphatic heterocycles. The molecule has 0 unspecified atom stereocenters. The summed E-state index contributed by atoms with van der Waals surface area (Å²) in [6.07, 6.45) is 0. The number of carbonyl (C=O) groups is 1. The number of carbonyl (C=O) groups excluding carboxylic acids is 1. The molecular weight excluding hydrogens is 392 g/mol. The third-order valence-corrected chi connectivity index (χ3v) is 4.68. The van der Waals surface area contributed by atoms with Crippen molar-refractivity contribution in [1.82, 2.24) is 4.90 Å². The maximum atomic E-state index is 13.8. The van der Waals surface area contributed by atoms with Crippen LogP contribution in [0.1, 0.15) is 0 Å². The lowest BCUT2D eigenvalue weighted by Crippen LogP contribution is -2.50. The second-order valence-corrected chi connectivity index (χ2v) is 6.74. The van der Waals surface area contributed by atoms with Gasteiger partial charge < -0.3 is 15.1 Å². The van der Waals surface area contributed by atoms with Gasteiger partial charge >= 0.3 is 0 Å². The number of nitrogens with one attached hydrogen (secondary N) is 1. The zero-order valence-electron chi connectivity index (χ0n) is 13.5. The maximum Gasteiger partial charge on any atom is 0.241 e. The molecule has 1 heterocycles. The number of nitrogens with zero attached hydrogens (tertiary/aromatic N) is 2. The van der Waals surface area contributed by atoms with Crippen molar-refractivity contribution in [2.24, 2.45) is 0 Å². The first-order chi connectivity index (χ1) is 12.0. The number of piperazine rings is 1. The predicted octanol–water partition coefficient (Wildman–Crippen LogP) is 3.49. The summed E-state index contributed by atoms with van der Waals surface area (Å²) in [6, 6.07) is 11.0. The zero-order valence-corrected chi connectivity index (χ0v) is 15.1.